The highest BCUT2D eigenvalue weighted by atomic mass is 35.5. The summed E-state index contributed by atoms with van der Waals surface area (Å²) in [4.78, 5) is 14.7. The van der Waals surface area contributed by atoms with E-state index in [4.69, 9.17) is 20.8 Å². The predicted molar refractivity (Wildman–Crippen MR) is 96.7 cm³/mol. The van der Waals surface area contributed by atoms with Crippen LogP contribution in [-0.4, -0.2) is 17.9 Å². The summed E-state index contributed by atoms with van der Waals surface area (Å²) in [6.07, 6.45) is 1.60. The van der Waals surface area contributed by atoms with Gasteiger partial charge in [0.15, 0.2) is 0 Å². The summed E-state index contributed by atoms with van der Waals surface area (Å²) in [7, 11) is 1.63. The zero-order chi connectivity index (χ0) is 17.6. The van der Waals surface area contributed by atoms with E-state index in [1.54, 1.807) is 42.5 Å². The van der Waals surface area contributed by atoms with Crippen molar-refractivity contribution >= 4 is 17.5 Å². The molecule has 3 rings (SSSR count). The van der Waals surface area contributed by atoms with Crippen molar-refractivity contribution in [1.29, 1.82) is 0 Å². The first-order valence-corrected chi connectivity index (χ1v) is 8.23. The summed E-state index contributed by atoms with van der Waals surface area (Å²) in [5.41, 5.74) is 1.60. The number of carbonyl (C=O) groups is 1. The zero-order valence-corrected chi connectivity index (χ0v) is 14.6. The molecule has 0 radical (unpaired) electrons. The molecular formula is C20H18ClNO3. The number of ether oxygens (including phenoxy) is 1. The SMILES string of the molecule is COc1ccc(CN(Cc2ccco2)C(=O)c2ccc(Cl)cc2)cc1. The third-order valence-electron chi connectivity index (χ3n) is 3.84. The van der Waals surface area contributed by atoms with Gasteiger partial charge < -0.3 is 14.1 Å². The Morgan fingerprint density at radius 2 is 1.76 bits per heavy atom. The number of benzene rings is 2. The summed E-state index contributed by atoms with van der Waals surface area (Å²) < 4.78 is 10.6. The minimum Gasteiger partial charge on any atom is -0.497 e. The van der Waals surface area contributed by atoms with E-state index in [0.717, 1.165) is 17.1 Å². The number of hydrogen-bond donors (Lipinski definition) is 0. The number of hydrogen-bond acceptors (Lipinski definition) is 3. The monoisotopic (exact) mass is 355 g/mol. The molecule has 0 N–H and O–H groups in total. The molecule has 25 heavy (non-hydrogen) atoms. The fourth-order valence-electron chi connectivity index (χ4n) is 2.52. The minimum atomic E-state index is -0.0797. The van der Waals surface area contributed by atoms with Gasteiger partial charge in [0.1, 0.15) is 11.5 Å². The topological polar surface area (TPSA) is 42.7 Å². The maximum Gasteiger partial charge on any atom is 0.254 e. The van der Waals surface area contributed by atoms with Gasteiger partial charge in [-0.2, -0.15) is 0 Å². The lowest BCUT2D eigenvalue weighted by molar-refractivity contribution is 0.0717. The maximum absolute atomic E-state index is 12.9. The van der Waals surface area contributed by atoms with E-state index >= 15 is 0 Å². The van der Waals surface area contributed by atoms with Crippen molar-refractivity contribution in [3.05, 3.63) is 88.8 Å². The molecule has 0 aliphatic carbocycles. The molecule has 0 saturated carbocycles. The Kier molecular flexibility index (Phi) is 5.41. The number of amides is 1. The molecule has 0 unspecified atom stereocenters. The van der Waals surface area contributed by atoms with Crippen LogP contribution in [0.1, 0.15) is 21.7 Å². The van der Waals surface area contributed by atoms with Crippen LogP contribution in [0, 0.1) is 0 Å². The lowest BCUT2D eigenvalue weighted by Crippen LogP contribution is -2.30. The standard InChI is InChI=1S/C20H18ClNO3/c1-24-18-10-4-15(5-11-18)13-22(14-19-3-2-12-25-19)20(23)16-6-8-17(21)9-7-16/h2-12H,13-14H2,1H3. The number of halogens is 1. The second kappa shape index (κ2) is 7.90. The smallest absolute Gasteiger partial charge is 0.254 e. The third kappa shape index (κ3) is 4.43. The van der Waals surface area contributed by atoms with Gasteiger partial charge in [-0.25, -0.2) is 0 Å². The van der Waals surface area contributed by atoms with Gasteiger partial charge in [-0.3, -0.25) is 4.79 Å². The van der Waals surface area contributed by atoms with Crippen LogP contribution in [0.25, 0.3) is 0 Å². The number of methoxy groups -OCH3 is 1. The molecule has 1 heterocycles. The number of furan rings is 1. The number of carbonyl (C=O) groups excluding carboxylic acids is 1. The second-order valence-corrected chi connectivity index (χ2v) is 6.03. The highest BCUT2D eigenvalue weighted by Crippen LogP contribution is 2.18. The van der Waals surface area contributed by atoms with Gasteiger partial charge in [0, 0.05) is 17.1 Å². The highest BCUT2D eigenvalue weighted by molar-refractivity contribution is 6.30. The molecule has 0 spiro atoms. The minimum absolute atomic E-state index is 0.0797. The first kappa shape index (κ1) is 17.1. The molecular weight excluding hydrogens is 338 g/mol. The molecule has 5 heteroatoms. The molecule has 1 amide bonds. The van der Waals surface area contributed by atoms with Gasteiger partial charge in [0.25, 0.3) is 5.91 Å². The highest BCUT2D eigenvalue weighted by Gasteiger charge is 2.18. The van der Waals surface area contributed by atoms with E-state index in [-0.39, 0.29) is 5.91 Å². The van der Waals surface area contributed by atoms with Crippen molar-refractivity contribution in [2.75, 3.05) is 7.11 Å². The molecule has 128 valence electrons. The molecule has 3 aromatic rings. The Balaban J connectivity index is 1.83. The number of nitrogens with zero attached hydrogens (tertiary/aromatic N) is 1. The Morgan fingerprint density at radius 3 is 2.36 bits per heavy atom. The van der Waals surface area contributed by atoms with Crippen LogP contribution in [0.2, 0.25) is 5.02 Å². The first-order chi connectivity index (χ1) is 12.2. The Hall–Kier alpha value is -2.72. The predicted octanol–water partition coefficient (Wildman–Crippen LogP) is 4.78. The average molecular weight is 356 g/mol. The molecule has 0 fully saturated rings. The van der Waals surface area contributed by atoms with Gasteiger partial charge in [-0.15, -0.1) is 0 Å². The normalized spacial score (nSPS) is 10.5. The maximum atomic E-state index is 12.9. The van der Waals surface area contributed by atoms with Crippen LogP contribution in [0.3, 0.4) is 0 Å². The lowest BCUT2D eigenvalue weighted by atomic mass is 10.1. The molecule has 0 aliphatic heterocycles. The molecule has 0 saturated heterocycles. The molecule has 2 aromatic carbocycles. The molecule has 0 atom stereocenters. The summed E-state index contributed by atoms with van der Waals surface area (Å²) >= 11 is 5.92. The van der Waals surface area contributed by atoms with E-state index in [0.29, 0.717) is 23.7 Å². The Labute approximate surface area is 151 Å². The molecule has 4 nitrogen and oxygen atoms in total. The molecule has 0 aliphatic rings. The van der Waals surface area contributed by atoms with E-state index < -0.39 is 0 Å². The summed E-state index contributed by atoms with van der Waals surface area (Å²) in [5, 5.41) is 0.601. The quantitative estimate of drug-likeness (QED) is 0.638. The zero-order valence-electron chi connectivity index (χ0n) is 13.8. The van der Waals surface area contributed by atoms with E-state index in [2.05, 4.69) is 0 Å². The summed E-state index contributed by atoms with van der Waals surface area (Å²) in [6.45, 7) is 0.854. The fraction of sp³-hybridized carbons (Fsp3) is 0.150. The summed E-state index contributed by atoms with van der Waals surface area (Å²) in [5.74, 6) is 1.44. The number of rotatable bonds is 6. The van der Waals surface area contributed by atoms with Gasteiger partial charge in [-0.1, -0.05) is 23.7 Å². The van der Waals surface area contributed by atoms with Crippen molar-refractivity contribution in [2.45, 2.75) is 13.1 Å². The van der Waals surface area contributed by atoms with Crippen LogP contribution < -0.4 is 4.74 Å². The lowest BCUT2D eigenvalue weighted by Gasteiger charge is -2.22. The molecule has 1 aromatic heterocycles. The first-order valence-electron chi connectivity index (χ1n) is 7.86. The van der Waals surface area contributed by atoms with Crippen LogP contribution >= 0.6 is 11.6 Å². The Bertz CT molecular complexity index is 811. The summed E-state index contributed by atoms with van der Waals surface area (Å²) in [6, 6.07) is 18.2. The molecule has 0 bridgehead atoms. The van der Waals surface area contributed by atoms with Crippen molar-refractivity contribution in [2.24, 2.45) is 0 Å². The van der Waals surface area contributed by atoms with Crippen LogP contribution in [0.5, 0.6) is 5.75 Å². The average Bonchev–Trinajstić information content (AvgIpc) is 3.15. The van der Waals surface area contributed by atoms with E-state index in [9.17, 15) is 4.79 Å². The van der Waals surface area contributed by atoms with Crippen molar-refractivity contribution in [3.8, 4) is 5.75 Å². The van der Waals surface area contributed by atoms with Crippen molar-refractivity contribution in [1.82, 2.24) is 4.90 Å². The Morgan fingerprint density at radius 1 is 1.04 bits per heavy atom. The van der Waals surface area contributed by atoms with Crippen LogP contribution in [0.15, 0.2) is 71.3 Å². The van der Waals surface area contributed by atoms with Crippen molar-refractivity contribution < 1.29 is 13.9 Å². The van der Waals surface area contributed by atoms with Gasteiger partial charge >= 0.3 is 0 Å². The van der Waals surface area contributed by atoms with Gasteiger partial charge in [0.2, 0.25) is 0 Å². The second-order valence-electron chi connectivity index (χ2n) is 5.60. The fourth-order valence-corrected chi connectivity index (χ4v) is 2.64. The van der Waals surface area contributed by atoms with Crippen LogP contribution in [-0.2, 0) is 13.1 Å². The van der Waals surface area contributed by atoms with Gasteiger partial charge in [0.05, 0.1) is 19.9 Å². The van der Waals surface area contributed by atoms with Gasteiger partial charge in [-0.05, 0) is 54.1 Å². The third-order valence-corrected chi connectivity index (χ3v) is 4.09. The van der Waals surface area contributed by atoms with Crippen molar-refractivity contribution in [3.63, 3.8) is 0 Å². The van der Waals surface area contributed by atoms with Crippen LogP contribution in [0.4, 0.5) is 0 Å². The van der Waals surface area contributed by atoms with E-state index in [1.165, 1.54) is 0 Å². The largest absolute Gasteiger partial charge is 0.497 e. The van der Waals surface area contributed by atoms with E-state index in [1.807, 2.05) is 36.4 Å².